The van der Waals surface area contributed by atoms with Crippen LogP contribution in [0.3, 0.4) is 0 Å². The Labute approximate surface area is 143 Å². The highest BCUT2D eigenvalue weighted by molar-refractivity contribution is 7.92. The van der Waals surface area contributed by atoms with Gasteiger partial charge in [-0.05, 0) is 36.4 Å². The summed E-state index contributed by atoms with van der Waals surface area (Å²) < 4.78 is 37.8. The third-order valence-electron chi connectivity index (χ3n) is 3.50. The molecular formula is C17H16N2O3S2. The first-order valence-electron chi connectivity index (χ1n) is 7.16. The van der Waals surface area contributed by atoms with E-state index in [0.29, 0.717) is 5.69 Å². The van der Waals surface area contributed by atoms with E-state index < -0.39 is 20.8 Å². The fourth-order valence-corrected chi connectivity index (χ4v) is 3.85. The van der Waals surface area contributed by atoms with Crippen molar-refractivity contribution in [3.8, 4) is 11.3 Å². The van der Waals surface area contributed by atoms with Crippen LogP contribution in [0.1, 0.15) is 0 Å². The molecule has 0 saturated heterocycles. The quantitative estimate of drug-likeness (QED) is 0.761. The van der Waals surface area contributed by atoms with Crippen molar-refractivity contribution in [1.29, 1.82) is 0 Å². The highest BCUT2D eigenvalue weighted by atomic mass is 32.2. The number of aromatic nitrogens is 1. The van der Waals surface area contributed by atoms with E-state index in [4.69, 9.17) is 0 Å². The van der Waals surface area contributed by atoms with E-state index in [0.717, 1.165) is 10.5 Å². The van der Waals surface area contributed by atoms with Gasteiger partial charge >= 0.3 is 0 Å². The molecule has 7 heteroatoms. The molecule has 0 aliphatic heterocycles. The summed E-state index contributed by atoms with van der Waals surface area (Å²) in [6.07, 6.45) is 3.26. The molecule has 3 rings (SSSR count). The fourth-order valence-electron chi connectivity index (χ4n) is 2.29. The van der Waals surface area contributed by atoms with Crippen LogP contribution in [-0.2, 0) is 20.8 Å². The van der Waals surface area contributed by atoms with Gasteiger partial charge in [0.25, 0.3) is 10.0 Å². The normalized spacial score (nSPS) is 12.7. The van der Waals surface area contributed by atoms with Gasteiger partial charge in [0.05, 0.1) is 10.6 Å². The first-order chi connectivity index (χ1) is 11.5. The Morgan fingerprint density at radius 3 is 2.21 bits per heavy atom. The summed E-state index contributed by atoms with van der Waals surface area (Å²) in [5.74, 6) is 0. The highest BCUT2D eigenvalue weighted by Crippen LogP contribution is 2.21. The van der Waals surface area contributed by atoms with E-state index in [1.807, 2.05) is 18.2 Å². The van der Waals surface area contributed by atoms with Crippen LogP contribution in [0.2, 0.25) is 0 Å². The highest BCUT2D eigenvalue weighted by Gasteiger charge is 2.15. The van der Waals surface area contributed by atoms with Crippen LogP contribution in [0.4, 0.5) is 0 Å². The molecular weight excluding hydrogens is 344 g/mol. The first-order valence-corrected chi connectivity index (χ1v) is 10.2. The van der Waals surface area contributed by atoms with E-state index in [9.17, 15) is 12.6 Å². The van der Waals surface area contributed by atoms with Crippen molar-refractivity contribution < 1.29 is 12.6 Å². The smallest absolute Gasteiger partial charge is 0.255 e. The lowest BCUT2D eigenvalue weighted by Crippen LogP contribution is -2.23. The number of sulfonamides is 1. The van der Waals surface area contributed by atoms with Crippen molar-refractivity contribution in [2.45, 2.75) is 9.79 Å². The van der Waals surface area contributed by atoms with Gasteiger partial charge in [-0.25, -0.2) is 4.83 Å². The molecule has 1 unspecified atom stereocenters. The minimum absolute atomic E-state index is 0.196. The van der Waals surface area contributed by atoms with Gasteiger partial charge in [0.1, 0.15) is 0 Å². The molecule has 0 fully saturated rings. The van der Waals surface area contributed by atoms with Gasteiger partial charge in [-0.3, -0.25) is 8.89 Å². The summed E-state index contributed by atoms with van der Waals surface area (Å²) in [6, 6.07) is 18.9. The maximum atomic E-state index is 12.5. The first kappa shape index (κ1) is 16.5. The van der Waals surface area contributed by atoms with Crippen LogP contribution in [0.15, 0.2) is 82.7 Å². The maximum Gasteiger partial charge on any atom is 0.275 e. The Morgan fingerprint density at radius 2 is 1.58 bits per heavy atom. The maximum absolute atomic E-state index is 12.5. The lowest BCUT2D eigenvalue weighted by atomic mass is 10.2. The number of nitrogens with zero attached hydrogens (tertiary/aromatic N) is 1. The van der Waals surface area contributed by atoms with Gasteiger partial charge < -0.3 is 0 Å². The molecule has 0 amide bonds. The van der Waals surface area contributed by atoms with Gasteiger partial charge in [0, 0.05) is 33.7 Å². The van der Waals surface area contributed by atoms with Crippen LogP contribution in [0.25, 0.3) is 11.3 Å². The largest absolute Gasteiger partial charge is 0.275 e. The molecule has 1 N–H and O–H groups in total. The van der Waals surface area contributed by atoms with E-state index in [-0.39, 0.29) is 4.90 Å². The second-order valence-electron chi connectivity index (χ2n) is 5.15. The molecule has 0 radical (unpaired) electrons. The van der Waals surface area contributed by atoms with Crippen molar-refractivity contribution in [1.82, 2.24) is 4.68 Å². The average Bonchev–Trinajstić information content (AvgIpc) is 3.03. The molecule has 0 aliphatic carbocycles. The Hall–Kier alpha value is -2.38. The fraction of sp³-hybridized carbons (Fsp3) is 0.0588. The Morgan fingerprint density at radius 1 is 0.917 bits per heavy atom. The van der Waals surface area contributed by atoms with Crippen LogP contribution < -0.4 is 4.83 Å². The second-order valence-corrected chi connectivity index (χ2v) is 8.19. The molecule has 1 aromatic heterocycles. The number of rotatable bonds is 5. The molecule has 24 heavy (non-hydrogen) atoms. The van der Waals surface area contributed by atoms with Gasteiger partial charge in [-0.1, -0.05) is 30.3 Å². The molecule has 5 nitrogen and oxygen atoms in total. The summed E-state index contributed by atoms with van der Waals surface area (Å²) >= 11 is 0. The topological polar surface area (TPSA) is 68.2 Å². The monoisotopic (exact) mass is 360 g/mol. The van der Waals surface area contributed by atoms with Crippen molar-refractivity contribution in [2.24, 2.45) is 0 Å². The SMILES string of the molecule is CS(=O)c1ccc(-c2cccn2NS(=O)(=O)c2ccccc2)cc1. The standard InChI is InChI=1S/C17H16N2O3S2/c1-23(20)15-11-9-14(10-12-15)17-8-5-13-19(17)18-24(21,22)16-6-3-2-4-7-16/h2-13,18H,1H3. The summed E-state index contributed by atoms with van der Waals surface area (Å²) in [5, 5.41) is 0. The molecule has 0 spiro atoms. The van der Waals surface area contributed by atoms with Gasteiger partial charge in [0.15, 0.2) is 0 Å². The van der Waals surface area contributed by atoms with E-state index >= 15 is 0 Å². The molecule has 0 aliphatic rings. The van der Waals surface area contributed by atoms with Crippen LogP contribution >= 0.6 is 0 Å². The molecule has 1 atom stereocenters. The van der Waals surface area contributed by atoms with E-state index in [1.165, 1.54) is 16.8 Å². The lowest BCUT2D eigenvalue weighted by Gasteiger charge is -2.13. The zero-order valence-corrected chi connectivity index (χ0v) is 14.5. The van der Waals surface area contributed by atoms with Gasteiger partial charge in [-0.15, -0.1) is 0 Å². The van der Waals surface area contributed by atoms with Crippen LogP contribution in [-0.4, -0.2) is 23.6 Å². The number of hydrogen-bond acceptors (Lipinski definition) is 3. The van der Waals surface area contributed by atoms with Crippen LogP contribution in [0, 0.1) is 0 Å². The summed E-state index contributed by atoms with van der Waals surface area (Å²) in [7, 11) is -4.72. The summed E-state index contributed by atoms with van der Waals surface area (Å²) in [5.41, 5.74) is 1.52. The molecule has 1 heterocycles. The third kappa shape index (κ3) is 3.42. The molecule has 2 aromatic carbocycles. The lowest BCUT2D eigenvalue weighted by molar-refractivity contribution is 0.595. The Bertz CT molecular complexity index is 963. The predicted octanol–water partition coefficient (Wildman–Crippen LogP) is 2.82. The van der Waals surface area contributed by atoms with Crippen molar-refractivity contribution in [3.05, 3.63) is 72.9 Å². The van der Waals surface area contributed by atoms with Crippen LogP contribution in [0.5, 0.6) is 0 Å². The minimum atomic E-state index is -3.67. The zero-order chi connectivity index (χ0) is 17.2. The van der Waals surface area contributed by atoms with E-state index in [1.54, 1.807) is 48.9 Å². The molecule has 124 valence electrons. The van der Waals surface area contributed by atoms with Gasteiger partial charge in [0.2, 0.25) is 0 Å². The zero-order valence-electron chi connectivity index (χ0n) is 12.9. The third-order valence-corrected chi connectivity index (χ3v) is 5.77. The molecule has 0 bridgehead atoms. The number of nitrogens with one attached hydrogen (secondary N) is 1. The number of benzene rings is 2. The van der Waals surface area contributed by atoms with Crippen molar-refractivity contribution >= 4 is 20.8 Å². The Balaban J connectivity index is 1.92. The molecule has 3 aromatic rings. The average molecular weight is 360 g/mol. The van der Waals surface area contributed by atoms with E-state index in [2.05, 4.69) is 4.83 Å². The predicted molar refractivity (Wildman–Crippen MR) is 95.2 cm³/mol. The summed E-state index contributed by atoms with van der Waals surface area (Å²) in [4.78, 5) is 3.47. The second kappa shape index (κ2) is 6.62. The van der Waals surface area contributed by atoms with Crippen molar-refractivity contribution in [2.75, 3.05) is 11.1 Å². The summed E-state index contributed by atoms with van der Waals surface area (Å²) in [6.45, 7) is 0. The molecule has 0 saturated carbocycles. The minimum Gasteiger partial charge on any atom is -0.255 e. The van der Waals surface area contributed by atoms with Crippen molar-refractivity contribution in [3.63, 3.8) is 0 Å². The van der Waals surface area contributed by atoms with Gasteiger partial charge in [-0.2, -0.15) is 8.42 Å². The number of hydrogen-bond donors (Lipinski definition) is 1. The Kier molecular flexibility index (Phi) is 4.55.